The monoisotopic (exact) mass is 240 g/mol. The van der Waals surface area contributed by atoms with E-state index in [1.165, 1.54) is 14.2 Å². The number of terminal acetylenes is 2. The lowest BCUT2D eigenvalue weighted by atomic mass is 10.3. The molecule has 0 radical (unpaired) electrons. The van der Waals surface area contributed by atoms with Crippen LogP contribution in [0.5, 0.6) is 11.9 Å². The lowest BCUT2D eigenvalue weighted by Crippen LogP contribution is -2.03. The van der Waals surface area contributed by atoms with Gasteiger partial charge in [0.05, 0.1) is 14.2 Å². The van der Waals surface area contributed by atoms with Crippen LogP contribution in [0.1, 0.15) is 11.4 Å². The van der Waals surface area contributed by atoms with Gasteiger partial charge < -0.3 is 9.47 Å². The van der Waals surface area contributed by atoms with Crippen molar-refractivity contribution in [2.24, 2.45) is 0 Å². The van der Waals surface area contributed by atoms with Gasteiger partial charge in [0.15, 0.2) is 11.2 Å². The van der Waals surface area contributed by atoms with E-state index in [0.717, 1.165) is 0 Å². The Kier molecular flexibility index (Phi) is 2.94. The van der Waals surface area contributed by atoms with E-state index in [1.807, 2.05) is 0 Å². The molecule has 6 heteroatoms. The average Bonchev–Trinajstić information content (AvgIpc) is 2.44. The lowest BCUT2D eigenvalue weighted by molar-refractivity contribution is 0.356. The predicted molar refractivity (Wildman–Crippen MR) is 64.1 cm³/mol. The molecule has 0 aliphatic carbocycles. The minimum Gasteiger partial charge on any atom is -0.479 e. The van der Waals surface area contributed by atoms with E-state index in [1.54, 1.807) is 0 Å². The summed E-state index contributed by atoms with van der Waals surface area (Å²) in [6.45, 7) is 0. The largest absolute Gasteiger partial charge is 0.479 e. The SMILES string of the molecule is C#Cc1nc2nc(OC)nc(OC)c2nc1C#C. The fourth-order valence-corrected chi connectivity index (χ4v) is 1.34. The molecule has 0 atom stereocenters. The molecule has 0 bridgehead atoms. The summed E-state index contributed by atoms with van der Waals surface area (Å²) in [5, 5.41) is 0. The number of aromatic nitrogens is 4. The minimum atomic E-state index is 0.116. The molecule has 2 aromatic rings. The Morgan fingerprint density at radius 3 is 2.11 bits per heavy atom. The number of hydrogen-bond acceptors (Lipinski definition) is 6. The number of ether oxygens (including phenoxy) is 2. The van der Waals surface area contributed by atoms with Crippen LogP contribution in [-0.2, 0) is 0 Å². The minimum absolute atomic E-state index is 0.116. The summed E-state index contributed by atoms with van der Waals surface area (Å²) in [5.74, 6) is 4.94. The molecule has 0 aliphatic heterocycles. The quantitative estimate of drug-likeness (QED) is 0.708. The Bertz CT molecular complexity index is 698. The van der Waals surface area contributed by atoms with Gasteiger partial charge in [0.25, 0.3) is 0 Å². The standard InChI is InChI=1S/C12H8N4O2/c1-5-7-8(6-2)14-10-9(13-7)11(17-3)16-12(15-10)18-4/h1-2H,3-4H3. The molecule has 0 aliphatic rings. The zero-order valence-electron chi connectivity index (χ0n) is 9.76. The van der Waals surface area contributed by atoms with Crippen LogP contribution in [0.25, 0.3) is 11.2 Å². The Hall–Kier alpha value is -2.86. The van der Waals surface area contributed by atoms with E-state index in [9.17, 15) is 0 Å². The number of fused-ring (bicyclic) bond motifs is 1. The van der Waals surface area contributed by atoms with Crippen LogP contribution in [0.2, 0.25) is 0 Å². The maximum atomic E-state index is 5.31. The second-order valence-corrected chi connectivity index (χ2v) is 3.10. The van der Waals surface area contributed by atoms with Gasteiger partial charge >= 0.3 is 6.01 Å². The summed E-state index contributed by atoms with van der Waals surface area (Å²) in [7, 11) is 2.89. The second-order valence-electron chi connectivity index (χ2n) is 3.10. The van der Waals surface area contributed by atoms with Crippen molar-refractivity contribution in [3.05, 3.63) is 11.4 Å². The summed E-state index contributed by atoms with van der Waals surface area (Å²) in [6.07, 6.45) is 10.6. The molecule has 2 aromatic heterocycles. The molecular weight excluding hydrogens is 232 g/mol. The number of hydrogen-bond donors (Lipinski definition) is 0. The fraction of sp³-hybridized carbons (Fsp3) is 0.167. The fourth-order valence-electron chi connectivity index (χ4n) is 1.34. The van der Waals surface area contributed by atoms with Gasteiger partial charge in [-0.1, -0.05) is 0 Å². The van der Waals surface area contributed by atoms with Crippen molar-refractivity contribution in [2.45, 2.75) is 0 Å². The molecule has 2 heterocycles. The van der Waals surface area contributed by atoms with Crippen molar-refractivity contribution >= 4 is 11.2 Å². The lowest BCUT2D eigenvalue weighted by Gasteiger charge is -2.06. The summed E-state index contributed by atoms with van der Waals surface area (Å²) >= 11 is 0. The van der Waals surface area contributed by atoms with E-state index in [-0.39, 0.29) is 28.9 Å². The molecule has 0 N–H and O–H groups in total. The van der Waals surface area contributed by atoms with Gasteiger partial charge in [-0.3, -0.25) is 0 Å². The third kappa shape index (κ3) is 1.76. The molecule has 18 heavy (non-hydrogen) atoms. The van der Waals surface area contributed by atoms with Gasteiger partial charge in [-0.25, -0.2) is 9.97 Å². The molecule has 0 saturated heterocycles. The molecule has 0 fully saturated rings. The first-order chi connectivity index (χ1) is 8.73. The van der Waals surface area contributed by atoms with Crippen molar-refractivity contribution < 1.29 is 9.47 Å². The zero-order chi connectivity index (χ0) is 13.1. The summed E-state index contributed by atoms with van der Waals surface area (Å²) in [4.78, 5) is 16.3. The third-order valence-electron chi connectivity index (χ3n) is 2.13. The molecule has 0 amide bonds. The van der Waals surface area contributed by atoms with Crippen molar-refractivity contribution in [1.82, 2.24) is 19.9 Å². The molecule has 0 aromatic carbocycles. The maximum Gasteiger partial charge on any atom is 0.321 e. The van der Waals surface area contributed by atoms with E-state index in [4.69, 9.17) is 22.3 Å². The van der Waals surface area contributed by atoms with Gasteiger partial charge in [-0.2, -0.15) is 9.97 Å². The molecule has 6 nitrogen and oxygen atoms in total. The Morgan fingerprint density at radius 1 is 0.889 bits per heavy atom. The van der Waals surface area contributed by atoms with Crippen LogP contribution in [0.3, 0.4) is 0 Å². The van der Waals surface area contributed by atoms with Gasteiger partial charge in [-0.15, -0.1) is 12.8 Å². The average molecular weight is 240 g/mol. The Labute approximate surface area is 103 Å². The Morgan fingerprint density at radius 2 is 1.56 bits per heavy atom. The summed E-state index contributed by atoms with van der Waals surface area (Å²) in [5.41, 5.74) is 1.10. The van der Waals surface area contributed by atoms with E-state index < -0.39 is 0 Å². The van der Waals surface area contributed by atoms with Gasteiger partial charge in [-0.05, 0) is 11.8 Å². The molecule has 0 spiro atoms. The number of nitrogens with zero attached hydrogens (tertiary/aromatic N) is 4. The molecule has 2 rings (SSSR count). The topological polar surface area (TPSA) is 70.0 Å². The highest BCUT2D eigenvalue weighted by Gasteiger charge is 2.14. The highest BCUT2D eigenvalue weighted by atomic mass is 16.5. The molecular formula is C12H8N4O2. The normalized spacial score (nSPS) is 9.56. The molecule has 88 valence electrons. The zero-order valence-corrected chi connectivity index (χ0v) is 9.76. The van der Waals surface area contributed by atoms with Gasteiger partial charge in [0, 0.05) is 0 Å². The van der Waals surface area contributed by atoms with Crippen molar-refractivity contribution in [1.29, 1.82) is 0 Å². The highest BCUT2D eigenvalue weighted by Crippen LogP contribution is 2.22. The van der Waals surface area contributed by atoms with Gasteiger partial charge in [0.1, 0.15) is 11.4 Å². The van der Waals surface area contributed by atoms with Crippen LogP contribution >= 0.6 is 0 Å². The van der Waals surface area contributed by atoms with Crippen LogP contribution < -0.4 is 9.47 Å². The van der Waals surface area contributed by atoms with Gasteiger partial charge in [0.2, 0.25) is 5.88 Å². The smallest absolute Gasteiger partial charge is 0.321 e. The van der Waals surface area contributed by atoms with Crippen LogP contribution in [-0.4, -0.2) is 34.2 Å². The van der Waals surface area contributed by atoms with E-state index in [2.05, 4.69) is 31.8 Å². The van der Waals surface area contributed by atoms with Crippen LogP contribution in [0.4, 0.5) is 0 Å². The predicted octanol–water partition coefficient (Wildman–Crippen LogP) is 0.400. The molecule has 0 saturated carbocycles. The number of rotatable bonds is 2. The summed E-state index contributed by atoms with van der Waals surface area (Å²) in [6, 6.07) is 0.116. The van der Waals surface area contributed by atoms with Crippen molar-refractivity contribution in [2.75, 3.05) is 14.2 Å². The van der Waals surface area contributed by atoms with Crippen molar-refractivity contribution in [3.63, 3.8) is 0 Å². The first-order valence-corrected chi connectivity index (χ1v) is 4.84. The van der Waals surface area contributed by atoms with E-state index in [0.29, 0.717) is 5.52 Å². The highest BCUT2D eigenvalue weighted by molar-refractivity contribution is 5.77. The Balaban J connectivity index is 2.85. The summed E-state index contributed by atoms with van der Waals surface area (Å²) < 4.78 is 10.0. The molecule has 0 unspecified atom stereocenters. The number of methoxy groups -OCH3 is 2. The van der Waals surface area contributed by atoms with Crippen LogP contribution in [0, 0.1) is 24.7 Å². The van der Waals surface area contributed by atoms with Crippen LogP contribution in [0.15, 0.2) is 0 Å². The van der Waals surface area contributed by atoms with Crippen molar-refractivity contribution in [3.8, 4) is 36.6 Å². The first-order valence-electron chi connectivity index (χ1n) is 4.84. The maximum absolute atomic E-state index is 5.31. The second kappa shape index (κ2) is 4.56. The third-order valence-corrected chi connectivity index (χ3v) is 2.13. The van der Waals surface area contributed by atoms with E-state index >= 15 is 0 Å². The first kappa shape index (κ1) is 11.6.